The minimum atomic E-state index is -0.307. The van der Waals surface area contributed by atoms with Gasteiger partial charge in [-0.1, -0.05) is 0 Å². The summed E-state index contributed by atoms with van der Waals surface area (Å²) in [5.41, 5.74) is 0. The molecule has 0 aromatic rings. The Morgan fingerprint density at radius 2 is 2.15 bits per heavy atom. The fraction of sp³-hybridized carbons (Fsp3) is 0.889. The molecule has 1 aliphatic rings. The maximum Gasteiger partial charge on any atom is 0.223 e. The summed E-state index contributed by atoms with van der Waals surface area (Å²) < 4.78 is 0. The molecule has 0 aromatic heterocycles. The maximum atomic E-state index is 11.3. The first kappa shape index (κ1) is 10.5. The molecule has 1 saturated heterocycles. The topological polar surface area (TPSA) is 43.8 Å². The minimum absolute atomic E-state index is 0.202. The number of hydrogen-bond acceptors (Lipinski definition) is 3. The molecule has 1 atom stereocenters. The molecule has 0 aliphatic carbocycles. The highest BCUT2D eigenvalue weighted by Crippen LogP contribution is 2.03. The van der Waals surface area contributed by atoms with Crippen LogP contribution in [0.5, 0.6) is 0 Å². The van der Waals surface area contributed by atoms with Crippen LogP contribution in [0.1, 0.15) is 13.3 Å². The molecule has 4 nitrogen and oxygen atoms in total. The van der Waals surface area contributed by atoms with E-state index in [1.807, 2.05) is 7.05 Å². The molecule has 13 heavy (non-hydrogen) atoms. The summed E-state index contributed by atoms with van der Waals surface area (Å²) in [5.74, 6) is 0.202. The van der Waals surface area contributed by atoms with Gasteiger partial charge in [0.2, 0.25) is 5.91 Å². The molecule has 1 rings (SSSR count). The van der Waals surface area contributed by atoms with Crippen molar-refractivity contribution in [2.45, 2.75) is 19.4 Å². The molecule has 0 saturated carbocycles. The molecule has 1 unspecified atom stereocenters. The number of carbonyl (C=O) groups excluding carboxylic acids is 1. The molecule has 4 heteroatoms. The molecule has 1 aliphatic heterocycles. The quantitative estimate of drug-likeness (QED) is 0.634. The van der Waals surface area contributed by atoms with Crippen molar-refractivity contribution in [2.75, 3.05) is 33.2 Å². The summed E-state index contributed by atoms with van der Waals surface area (Å²) in [4.78, 5) is 15.2. The number of hydrogen-bond donors (Lipinski definition) is 1. The van der Waals surface area contributed by atoms with Crippen molar-refractivity contribution >= 4 is 5.91 Å². The standard InChI is InChI=1S/C9H18N2O2/c1-8(12)7-11-4-3-9(13)10(2)5-6-11/h8,12H,3-7H2,1-2H3. The molecule has 0 aromatic carbocycles. The Morgan fingerprint density at radius 3 is 2.77 bits per heavy atom. The lowest BCUT2D eigenvalue weighted by atomic mass is 10.3. The van der Waals surface area contributed by atoms with E-state index in [4.69, 9.17) is 0 Å². The van der Waals surface area contributed by atoms with Gasteiger partial charge >= 0.3 is 0 Å². The van der Waals surface area contributed by atoms with Crippen LogP contribution in [0, 0.1) is 0 Å². The molecule has 1 amide bonds. The first-order valence-electron chi connectivity index (χ1n) is 4.74. The third-order valence-electron chi connectivity index (χ3n) is 2.34. The third kappa shape index (κ3) is 3.32. The third-order valence-corrected chi connectivity index (χ3v) is 2.34. The summed E-state index contributed by atoms with van der Waals surface area (Å²) in [6, 6.07) is 0. The fourth-order valence-corrected chi connectivity index (χ4v) is 1.53. The number of β-amino-alcohol motifs (C(OH)–C–C–N with tert-alkyl or cyclic N) is 1. The molecular formula is C9H18N2O2. The monoisotopic (exact) mass is 186 g/mol. The fourth-order valence-electron chi connectivity index (χ4n) is 1.53. The van der Waals surface area contributed by atoms with E-state index in [2.05, 4.69) is 4.90 Å². The minimum Gasteiger partial charge on any atom is -0.392 e. The van der Waals surface area contributed by atoms with E-state index in [9.17, 15) is 9.90 Å². The van der Waals surface area contributed by atoms with Gasteiger partial charge in [-0.25, -0.2) is 0 Å². The summed E-state index contributed by atoms with van der Waals surface area (Å²) in [6.45, 7) is 4.85. The Kier molecular flexibility index (Phi) is 3.69. The lowest BCUT2D eigenvalue weighted by molar-refractivity contribution is -0.129. The van der Waals surface area contributed by atoms with Crippen LogP contribution in [0.4, 0.5) is 0 Å². The highest BCUT2D eigenvalue weighted by Gasteiger charge is 2.18. The molecule has 0 radical (unpaired) electrons. The number of amides is 1. The van der Waals surface area contributed by atoms with Gasteiger partial charge in [0.25, 0.3) is 0 Å². The smallest absolute Gasteiger partial charge is 0.223 e. The van der Waals surface area contributed by atoms with Crippen molar-refractivity contribution < 1.29 is 9.90 Å². The largest absolute Gasteiger partial charge is 0.392 e. The molecule has 1 fully saturated rings. The number of likely N-dealkylation sites (N-methyl/N-ethyl adjacent to an activating group) is 1. The van der Waals surface area contributed by atoms with E-state index >= 15 is 0 Å². The molecule has 1 heterocycles. The molecule has 1 N–H and O–H groups in total. The zero-order valence-electron chi connectivity index (χ0n) is 8.36. The Hall–Kier alpha value is -0.610. The Balaban J connectivity index is 2.40. The average Bonchev–Trinajstić information content (AvgIpc) is 2.19. The van der Waals surface area contributed by atoms with E-state index in [0.29, 0.717) is 13.0 Å². The number of aliphatic hydroxyl groups is 1. The first-order valence-corrected chi connectivity index (χ1v) is 4.74. The Morgan fingerprint density at radius 1 is 1.46 bits per heavy atom. The van der Waals surface area contributed by atoms with Crippen LogP contribution < -0.4 is 0 Å². The second-order valence-corrected chi connectivity index (χ2v) is 3.71. The van der Waals surface area contributed by atoms with Gasteiger partial charge in [-0.15, -0.1) is 0 Å². The van der Waals surface area contributed by atoms with Gasteiger partial charge in [0, 0.05) is 39.6 Å². The van der Waals surface area contributed by atoms with E-state index in [0.717, 1.165) is 19.6 Å². The van der Waals surface area contributed by atoms with Crippen molar-refractivity contribution in [2.24, 2.45) is 0 Å². The number of aliphatic hydroxyl groups excluding tert-OH is 1. The second kappa shape index (κ2) is 4.58. The van der Waals surface area contributed by atoms with Crippen molar-refractivity contribution in [1.29, 1.82) is 0 Å². The number of rotatable bonds is 2. The van der Waals surface area contributed by atoms with Crippen molar-refractivity contribution in [3.63, 3.8) is 0 Å². The zero-order chi connectivity index (χ0) is 9.84. The Labute approximate surface area is 79.1 Å². The van der Waals surface area contributed by atoms with E-state index in [1.165, 1.54) is 0 Å². The van der Waals surface area contributed by atoms with Gasteiger partial charge < -0.3 is 10.0 Å². The maximum absolute atomic E-state index is 11.3. The van der Waals surface area contributed by atoms with Crippen LogP contribution in [0.25, 0.3) is 0 Å². The van der Waals surface area contributed by atoms with Crippen LogP contribution in [0.3, 0.4) is 0 Å². The van der Waals surface area contributed by atoms with E-state index in [-0.39, 0.29) is 12.0 Å². The van der Waals surface area contributed by atoms with Crippen LogP contribution in [-0.2, 0) is 4.79 Å². The number of carbonyl (C=O) groups is 1. The van der Waals surface area contributed by atoms with Crippen molar-refractivity contribution in [1.82, 2.24) is 9.80 Å². The lowest BCUT2D eigenvalue weighted by Crippen LogP contribution is -2.34. The van der Waals surface area contributed by atoms with Crippen LogP contribution in [-0.4, -0.2) is 60.1 Å². The summed E-state index contributed by atoms with van der Waals surface area (Å²) in [5, 5.41) is 9.19. The highest BCUT2D eigenvalue weighted by atomic mass is 16.3. The van der Waals surface area contributed by atoms with Crippen molar-refractivity contribution in [3.05, 3.63) is 0 Å². The van der Waals surface area contributed by atoms with Crippen LogP contribution in [0.15, 0.2) is 0 Å². The van der Waals surface area contributed by atoms with Crippen LogP contribution in [0.2, 0.25) is 0 Å². The van der Waals surface area contributed by atoms with E-state index in [1.54, 1.807) is 11.8 Å². The van der Waals surface area contributed by atoms with E-state index < -0.39 is 0 Å². The predicted octanol–water partition coefficient (Wildman–Crippen LogP) is -0.469. The summed E-state index contributed by atoms with van der Waals surface area (Å²) in [7, 11) is 1.83. The van der Waals surface area contributed by atoms with Gasteiger partial charge in [0.15, 0.2) is 0 Å². The van der Waals surface area contributed by atoms with Gasteiger partial charge in [-0.2, -0.15) is 0 Å². The lowest BCUT2D eigenvalue weighted by Gasteiger charge is -2.20. The molecule has 76 valence electrons. The van der Waals surface area contributed by atoms with Gasteiger partial charge in [0.1, 0.15) is 0 Å². The van der Waals surface area contributed by atoms with Gasteiger partial charge in [0.05, 0.1) is 6.10 Å². The number of nitrogens with zero attached hydrogens (tertiary/aromatic N) is 2. The molecule has 0 bridgehead atoms. The SMILES string of the molecule is CC(O)CN1CCC(=O)N(C)CC1. The molecular weight excluding hydrogens is 168 g/mol. The van der Waals surface area contributed by atoms with Gasteiger partial charge in [-0.3, -0.25) is 9.69 Å². The normalized spacial score (nSPS) is 23.0. The Bertz CT molecular complexity index is 182. The highest BCUT2D eigenvalue weighted by molar-refractivity contribution is 5.76. The summed E-state index contributed by atoms with van der Waals surface area (Å²) in [6.07, 6.45) is 0.266. The summed E-state index contributed by atoms with van der Waals surface area (Å²) >= 11 is 0. The zero-order valence-corrected chi connectivity index (χ0v) is 8.36. The first-order chi connectivity index (χ1) is 6.09. The average molecular weight is 186 g/mol. The van der Waals surface area contributed by atoms with Crippen LogP contribution >= 0.6 is 0 Å². The van der Waals surface area contributed by atoms with Crippen molar-refractivity contribution in [3.8, 4) is 0 Å². The molecule has 0 spiro atoms. The predicted molar refractivity (Wildman–Crippen MR) is 50.4 cm³/mol. The van der Waals surface area contributed by atoms with Gasteiger partial charge in [-0.05, 0) is 6.92 Å². The second-order valence-electron chi connectivity index (χ2n) is 3.71.